The zero-order valence-electron chi connectivity index (χ0n) is 7.25. The number of nitrogens with zero attached hydrogens (tertiary/aromatic N) is 1. The summed E-state index contributed by atoms with van der Waals surface area (Å²) < 4.78 is 10.6. The second-order valence-corrected chi connectivity index (χ2v) is 3.63. The van der Waals surface area contributed by atoms with Gasteiger partial charge in [0.2, 0.25) is 0 Å². The van der Waals surface area contributed by atoms with Crippen LogP contribution in [0.4, 0.5) is 0 Å². The Bertz CT molecular complexity index is 213. The van der Waals surface area contributed by atoms with Crippen LogP contribution < -0.4 is 0 Å². The van der Waals surface area contributed by atoms with Gasteiger partial charge in [-0.25, -0.2) is 0 Å². The van der Waals surface area contributed by atoms with Gasteiger partial charge >= 0.3 is 0 Å². The second-order valence-electron chi connectivity index (χ2n) is 3.63. The summed E-state index contributed by atoms with van der Waals surface area (Å²) in [7, 11) is 1.75. The molecule has 1 spiro atoms. The average Bonchev–Trinajstić information content (AvgIpc) is 2.81. The zero-order chi connectivity index (χ0) is 8.60. The quantitative estimate of drug-likeness (QED) is 0.552. The van der Waals surface area contributed by atoms with Gasteiger partial charge in [-0.1, -0.05) is 0 Å². The molecule has 2 rings (SSSR count). The highest BCUT2D eigenvalue weighted by atomic mass is 16.6. The summed E-state index contributed by atoms with van der Waals surface area (Å²) in [5, 5.41) is 8.64. The van der Waals surface area contributed by atoms with E-state index < -0.39 is 0 Å². The first-order chi connectivity index (χ1) is 5.80. The molecular formula is C9H13NO2. The van der Waals surface area contributed by atoms with Gasteiger partial charge in [0.15, 0.2) is 6.10 Å². The average molecular weight is 167 g/mol. The van der Waals surface area contributed by atoms with Gasteiger partial charge in [-0.05, 0) is 25.7 Å². The Morgan fingerprint density at radius 3 is 2.58 bits per heavy atom. The van der Waals surface area contributed by atoms with Crippen LogP contribution in [-0.2, 0) is 9.47 Å². The predicted octanol–water partition coefficient (Wildman–Crippen LogP) is 1.24. The molecule has 1 saturated heterocycles. The zero-order valence-corrected chi connectivity index (χ0v) is 7.25. The Morgan fingerprint density at radius 1 is 1.50 bits per heavy atom. The summed E-state index contributed by atoms with van der Waals surface area (Å²) in [4.78, 5) is 0. The highest BCUT2D eigenvalue weighted by Crippen LogP contribution is 2.48. The van der Waals surface area contributed by atoms with Crippen LogP contribution in [0.1, 0.15) is 25.7 Å². The normalized spacial score (nSPS) is 45.7. The van der Waals surface area contributed by atoms with Crippen LogP contribution in [0.15, 0.2) is 0 Å². The maximum atomic E-state index is 8.64. The van der Waals surface area contributed by atoms with Crippen molar-refractivity contribution in [3.63, 3.8) is 0 Å². The molecule has 1 heterocycles. The predicted molar refractivity (Wildman–Crippen MR) is 42.5 cm³/mol. The van der Waals surface area contributed by atoms with Crippen molar-refractivity contribution in [2.45, 2.75) is 43.5 Å². The van der Waals surface area contributed by atoms with Crippen LogP contribution in [-0.4, -0.2) is 24.9 Å². The molecule has 66 valence electrons. The fraction of sp³-hybridized carbons (Fsp3) is 0.889. The number of hydrogen-bond acceptors (Lipinski definition) is 3. The minimum absolute atomic E-state index is 0.0657. The maximum Gasteiger partial charge on any atom is 0.173 e. The third-order valence-corrected chi connectivity index (χ3v) is 3.00. The molecule has 2 fully saturated rings. The van der Waals surface area contributed by atoms with E-state index in [0.717, 1.165) is 25.7 Å². The van der Waals surface area contributed by atoms with E-state index in [2.05, 4.69) is 6.07 Å². The van der Waals surface area contributed by atoms with Crippen molar-refractivity contribution in [3.05, 3.63) is 0 Å². The molecule has 12 heavy (non-hydrogen) atoms. The maximum absolute atomic E-state index is 8.64. The summed E-state index contributed by atoms with van der Waals surface area (Å²) >= 11 is 0. The Kier molecular flexibility index (Phi) is 1.82. The fourth-order valence-electron chi connectivity index (χ4n) is 2.04. The van der Waals surface area contributed by atoms with Crippen molar-refractivity contribution in [1.82, 2.24) is 0 Å². The summed E-state index contributed by atoms with van der Waals surface area (Å²) in [6, 6.07) is 2.17. The van der Waals surface area contributed by atoms with Gasteiger partial charge in [-0.15, -0.1) is 0 Å². The molecule has 3 heteroatoms. The molecule has 0 radical (unpaired) electrons. The molecule has 0 aromatic carbocycles. The molecule has 0 aromatic heterocycles. The second kappa shape index (κ2) is 2.72. The Hall–Kier alpha value is -0.590. The third-order valence-electron chi connectivity index (χ3n) is 3.00. The molecule has 1 aliphatic heterocycles. The smallest absolute Gasteiger partial charge is 0.173 e. The molecular weight excluding hydrogens is 154 g/mol. The van der Waals surface area contributed by atoms with E-state index in [-0.39, 0.29) is 11.7 Å². The molecule has 1 saturated carbocycles. The first-order valence-electron chi connectivity index (χ1n) is 4.41. The number of hydrogen-bond donors (Lipinski definition) is 0. The molecule has 3 nitrogen and oxygen atoms in total. The van der Waals surface area contributed by atoms with Crippen molar-refractivity contribution in [3.8, 4) is 6.07 Å². The summed E-state index contributed by atoms with van der Waals surface area (Å²) in [5.41, 5.74) is -0.0657. The van der Waals surface area contributed by atoms with Crippen molar-refractivity contribution < 1.29 is 9.47 Å². The van der Waals surface area contributed by atoms with E-state index in [4.69, 9.17) is 14.7 Å². The molecule has 1 unspecified atom stereocenters. The molecule has 2 aliphatic rings. The van der Waals surface area contributed by atoms with Gasteiger partial charge in [0.1, 0.15) is 5.60 Å². The standard InChI is InChI=1S/C9H13NO2/c1-11-7-2-4-9(5-3-7)8(6-10)12-9/h7-8H,2-5H2,1H3. The monoisotopic (exact) mass is 167 g/mol. The largest absolute Gasteiger partial charge is 0.381 e. The molecule has 0 amide bonds. The lowest BCUT2D eigenvalue weighted by Crippen LogP contribution is -2.27. The van der Waals surface area contributed by atoms with Crippen molar-refractivity contribution in [1.29, 1.82) is 5.26 Å². The van der Waals surface area contributed by atoms with Crippen molar-refractivity contribution >= 4 is 0 Å². The summed E-state index contributed by atoms with van der Waals surface area (Å²) in [6.07, 6.45) is 4.31. The fourth-order valence-corrected chi connectivity index (χ4v) is 2.04. The van der Waals surface area contributed by atoms with Crippen molar-refractivity contribution in [2.75, 3.05) is 7.11 Å². The number of epoxide rings is 1. The highest BCUT2D eigenvalue weighted by molar-refractivity contribution is 5.15. The van der Waals surface area contributed by atoms with E-state index in [9.17, 15) is 0 Å². The van der Waals surface area contributed by atoms with Crippen LogP contribution in [0.3, 0.4) is 0 Å². The summed E-state index contributed by atoms with van der Waals surface area (Å²) in [6.45, 7) is 0. The first kappa shape index (κ1) is 8.03. The van der Waals surface area contributed by atoms with Gasteiger partial charge in [-0.3, -0.25) is 0 Å². The minimum Gasteiger partial charge on any atom is -0.381 e. The third kappa shape index (κ3) is 1.12. The van der Waals surface area contributed by atoms with E-state index in [1.54, 1.807) is 7.11 Å². The molecule has 1 aliphatic carbocycles. The van der Waals surface area contributed by atoms with Crippen LogP contribution >= 0.6 is 0 Å². The lowest BCUT2D eigenvalue weighted by molar-refractivity contribution is 0.0477. The number of rotatable bonds is 1. The van der Waals surface area contributed by atoms with E-state index in [0.29, 0.717) is 6.10 Å². The van der Waals surface area contributed by atoms with Gasteiger partial charge in [-0.2, -0.15) is 5.26 Å². The highest BCUT2D eigenvalue weighted by Gasteiger charge is 2.57. The number of methoxy groups -OCH3 is 1. The molecule has 0 N–H and O–H groups in total. The van der Waals surface area contributed by atoms with E-state index in [1.165, 1.54) is 0 Å². The van der Waals surface area contributed by atoms with E-state index in [1.807, 2.05) is 0 Å². The Labute approximate surface area is 72.3 Å². The number of nitriles is 1. The molecule has 0 bridgehead atoms. The van der Waals surface area contributed by atoms with Gasteiger partial charge in [0.05, 0.1) is 12.2 Å². The van der Waals surface area contributed by atoms with Crippen LogP contribution in [0.2, 0.25) is 0 Å². The van der Waals surface area contributed by atoms with E-state index >= 15 is 0 Å². The van der Waals surface area contributed by atoms with Crippen LogP contribution in [0, 0.1) is 11.3 Å². The van der Waals surface area contributed by atoms with Gasteiger partial charge in [0, 0.05) is 7.11 Å². The van der Waals surface area contributed by atoms with Crippen molar-refractivity contribution in [2.24, 2.45) is 0 Å². The molecule has 0 aromatic rings. The number of ether oxygens (including phenoxy) is 2. The first-order valence-corrected chi connectivity index (χ1v) is 4.41. The van der Waals surface area contributed by atoms with Crippen LogP contribution in [0.5, 0.6) is 0 Å². The van der Waals surface area contributed by atoms with Gasteiger partial charge in [0.25, 0.3) is 0 Å². The Morgan fingerprint density at radius 2 is 2.17 bits per heavy atom. The SMILES string of the molecule is COC1CCC2(CC1)OC2C#N. The lowest BCUT2D eigenvalue weighted by atomic mass is 9.85. The van der Waals surface area contributed by atoms with Crippen LogP contribution in [0.25, 0.3) is 0 Å². The summed E-state index contributed by atoms with van der Waals surface area (Å²) in [5.74, 6) is 0. The minimum atomic E-state index is -0.129. The topological polar surface area (TPSA) is 45.5 Å². The van der Waals surface area contributed by atoms with Gasteiger partial charge < -0.3 is 9.47 Å². The Balaban J connectivity index is 1.89. The lowest BCUT2D eigenvalue weighted by Gasteiger charge is -2.24. The molecule has 1 atom stereocenters.